The Hall–Kier alpha value is -3.93. The summed E-state index contributed by atoms with van der Waals surface area (Å²) >= 11 is 0. The van der Waals surface area contributed by atoms with Gasteiger partial charge in [0.15, 0.2) is 0 Å². The Bertz CT molecular complexity index is 1190. The van der Waals surface area contributed by atoms with Crippen molar-refractivity contribution in [2.75, 3.05) is 0 Å². The molecule has 1 amide bonds. The fraction of sp³-hybridized carbons (Fsp3) is 0.192. The van der Waals surface area contributed by atoms with Crippen molar-refractivity contribution in [1.29, 1.82) is 0 Å². The van der Waals surface area contributed by atoms with Gasteiger partial charge in [0, 0.05) is 30.2 Å². The highest BCUT2D eigenvalue weighted by Crippen LogP contribution is 2.23. The van der Waals surface area contributed by atoms with E-state index in [0.717, 1.165) is 33.7 Å². The third-order valence-electron chi connectivity index (χ3n) is 5.16. The lowest BCUT2D eigenvalue weighted by Crippen LogP contribution is -2.23. The van der Waals surface area contributed by atoms with Gasteiger partial charge in [-0.25, -0.2) is 0 Å². The number of pyridine rings is 1. The molecule has 162 valence electrons. The van der Waals surface area contributed by atoms with Crippen molar-refractivity contribution in [2.24, 2.45) is 0 Å². The van der Waals surface area contributed by atoms with Gasteiger partial charge in [-0.2, -0.15) is 5.10 Å². The molecule has 0 aliphatic heterocycles. The second-order valence-electron chi connectivity index (χ2n) is 7.76. The standard InChI is InChI=1S/C26H26N4O2/c1-19-10-11-25(32-18-21-7-4-3-5-8-21)23(13-19)17-30-20(2)14-24(29-30)26(31)28-16-22-9-6-12-27-15-22/h3-15H,16-18H2,1-2H3,(H,28,31). The number of ether oxygens (including phenoxy) is 1. The van der Waals surface area contributed by atoms with Crippen LogP contribution in [0.5, 0.6) is 5.75 Å². The molecule has 0 saturated carbocycles. The molecule has 0 spiro atoms. The smallest absolute Gasteiger partial charge is 0.272 e. The van der Waals surface area contributed by atoms with Crippen molar-refractivity contribution in [2.45, 2.75) is 33.5 Å². The summed E-state index contributed by atoms with van der Waals surface area (Å²) in [6.07, 6.45) is 3.44. The molecular weight excluding hydrogens is 400 g/mol. The maximum atomic E-state index is 12.6. The van der Waals surface area contributed by atoms with Crippen LogP contribution in [0.3, 0.4) is 0 Å². The van der Waals surface area contributed by atoms with Crippen molar-refractivity contribution in [3.8, 4) is 5.75 Å². The van der Waals surface area contributed by atoms with E-state index in [4.69, 9.17) is 4.74 Å². The van der Waals surface area contributed by atoms with E-state index in [1.807, 2.05) is 66.2 Å². The van der Waals surface area contributed by atoms with Crippen LogP contribution in [-0.4, -0.2) is 20.7 Å². The Morgan fingerprint density at radius 1 is 1.00 bits per heavy atom. The van der Waals surface area contributed by atoms with Crippen LogP contribution in [0.2, 0.25) is 0 Å². The van der Waals surface area contributed by atoms with Gasteiger partial charge in [-0.15, -0.1) is 0 Å². The van der Waals surface area contributed by atoms with Crippen LogP contribution in [-0.2, 0) is 19.7 Å². The number of nitrogens with one attached hydrogen (secondary N) is 1. The SMILES string of the molecule is Cc1ccc(OCc2ccccc2)c(Cn2nc(C(=O)NCc3cccnc3)cc2C)c1. The van der Waals surface area contributed by atoms with Gasteiger partial charge in [-0.3, -0.25) is 14.5 Å². The van der Waals surface area contributed by atoms with E-state index in [0.29, 0.717) is 25.4 Å². The molecule has 0 fully saturated rings. The van der Waals surface area contributed by atoms with Crippen LogP contribution < -0.4 is 10.1 Å². The zero-order valence-corrected chi connectivity index (χ0v) is 18.3. The first-order valence-electron chi connectivity index (χ1n) is 10.6. The Kier molecular flexibility index (Phi) is 6.60. The summed E-state index contributed by atoms with van der Waals surface area (Å²) in [6.45, 7) is 5.43. The third-order valence-corrected chi connectivity index (χ3v) is 5.16. The molecule has 2 aromatic heterocycles. The first-order valence-corrected chi connectivity index (χ1v) is 10.6. The summed E-state index contributed by atoms with van der Waals surface area (Å²) in [4.78, 5) is 16.7. The fourth-order valence-corrected chi connectivity index (χ4v) is 3.43. The van der Waals surface area contributed by atoms with Gasteiger partial charge in [0.25, 0.3) is 5.91 Å². The lowest BCUT2D eigenvalue weighted by Gasteiger charge is -2.13. The minimum Gasteiger partial charge on any atom is -0.489 e. The van der Waals surface area contributed by atoms with Crippen molar-refractivity contribution < 1.29 is 9.53 Å². The Morgan fingerprint density at radius 3 is 2.59 bits per heavy atom. The number of hydrogen-bond acceptors (Lipinski definition) is 4. The number of carbonyl (C=O) groups is 1. The number of carbonyl (C=O) groups excluding carboxylic acids is 1. The largest absolute Gasteiger partial charge is 0.489 e. The zero-order chi connectivity index (χ0) is 22.3. The maximum absolute atomic E-state index is 12.6. The summed E-state index contributed by atoms with van der Waals surface area (Å²) in [5.74, 6) is 0.609. The summed E-state index contributed by atoms with van der Waals surface area (Å²) in [5, 5.41) is 7.44. The molecule has 0 atom stereocenters. The number of rotatable bonds is 8. The fourth-order valence-electron chi connectivity index (χ4n) is 3.43. The predicted octanol–water partition coefficient (Wildman–Crippen LogP) is 4.45. The van der Waals surface area contributed by atoms with Gasteiger partial charge < -0.3 is 10.1 Å². The van der Waals surface area contributed by atoms with Crippen molar-refractivity contribution in [3.63, 3.8) is 0 Å². The topological polar surface area (TPSA) is 69.0 Å². The van der Waals surface area contributed by atoms with Crippen molar-refractivity contribution in [3.05, 3.63) is 113 Å². The summed E-state index contributed by atoms with van der Waals surface area (Å²) < 4.78 is 7.94. The van der Waals surface area contributed by atoms with E-state index in [-0.39, 0.29) is 5.91 Å². The van der Waals surface area contributed by atoms with Gasteiger partial charge in [-0.1, -0.05) is 54.1 Å². The molecule has 0 aliphatic carbocycles. The van der Waals surface area contributed by atoms with Gasteiger partial charge in [0.2, 0.25) is 0 Å². The van der Waals surface area contributed by atoms with E-state index in [1.54, 1.807) is 18.5 Å². The molecule has 0 saturated heterocycles. The Labute approximate surface area is 187 Å². The molecule has 4 aromatic rings. The van der Waals surface area contributed by atoms with Gasteiger partial charge in [0.1, 0.15) is 18.1 Å². The van der Waals surface area contributed by atoms with Crippen LogP contribution in [0.1, 0.15) is 38.4 Å². The summed E-state index contributed by atoms with van der Waals surface area (Å²) in [6, 6.07) is 21.8. The van der Waals surface area contributed by atoms with Crippen LogP contribution in [0.25, 0.3) is 0 Å². The average molecular weight is 427 g/mol. The second-order valence-corrected chi connectivity index (χ2v) is 7.76. The molecule has 6 nitrogen and oxygen atoms in total. The molecule has 4 rings (SSSR count). The average Bonchev–Trinajstić information content (AvgIpc) is 3.18. The molecule has 0 bridgehead atoms. The van der Waals surface area contributed by atoms with E-state index in [9.17, 15) is 4.79 Å². The molecule has 32 heavy (non-hydrogen) atoms. The molecule has 0 aliphatic rings. The quantitative estimate of drug-likeness (QED) is 0.452. The van der Waals surface area contributed by atoms with Crippen LogP contribution >= 0.6 is 0 Å². The summed E-state index contributed by atoms with van der Waals surface area (Å²) in [7, 11) is 0. The van der Waals surface area contributed by atoms with Crippen molar-refractivity contribution >= 4 is 5.91 Å². The molecule has 0 unspecified atom stereocenters. The normalized spacial score (nSPS) is 10.7. The highest BCUT2D eigenvalue weighted by Gasteiger charge is 2.14. The molecule has 6 heteroatoms. The number of benzene rings is 2. The highest BCUT2D eigenvalue weighted by atomic mass is 16.5. The molecule has 2 heterocycles. The van der Waals surface area contributed by atoms with E-state index in [2.05, 4.69) is 28.4 Å². The number of aryl methyl sites for hydroxylation is 2. The lowest BCUT2D eigenvalue weighted by atomic mass is 10.1. The molecular formula is C26H26N4O2. The van der Waals surface area contributed by atoms with Crippen LogP contribution in [0.4, 0.5) is 0 Å². The zero-order valence-electron chi connectivity index (χ0n) is 18.3. The van der Waals surface area contributed by atoms with E-state index >= 15 is 0 Å². The Morgan fingerprint density at radius 2 is 1.81 bits per heavy atom. The first kappa shape index (κ1) is 21.3. The van der Waals surface area contributed by atoms with E-state index in [1.165, 1.54) is 0 Å². The minimum absolute atomic E-state index is 0.208. The maximum Gasteiger partial charge on any atom is 0.272 e. The number of aromatic nitrogens is 3. The Balaban J connectivity index is 1.46. The van der Waals surface area contributed by atoms with Gasteiger partial charge in [0.05, 0.1) is 6.54 Å². The van der Waals surface area contributed by atoms with E-state index < -0.39 is 0 Å². The van der Waals surface area contributed by atoms with Crippen LogP contribution in [0, 0.1) is 13.8 Å². The number of amides is 1. The van der Waals surface area contributed by atoms with Gasteiger partial charge in [-0.05, 0) is 43.2 Å². The van der Waals surface area contributed by atoms with Gasteiger partial charge >= 0.3 is 0 Å². The second kappa shape index (κ2) is 9.92. The van der Waals surface area contributed by atoms with Crippen molar-refractivity contribution in [1.82, 2.24) is 20.1 Å². The number of nitrogens with zero attached hydrogens (tertiary/aromatic N) is 3. The molecule has 2 aromatic carbocycles. The number of hydrogen-bond donors (Lipinski definition) is 1. The third kappa shape index (κ3) is 5.40. The molecule has 1 N–H and O–H groups in total. The summed E-state index contributed by atoms with van der Waals surface area (Å²) in [5.41, 5.74) is 5.53. The predicted molar refractivity (Wildman–Crippen MR) is 123 cm³/mol. The molecule has 0 radical (unpaired) electrons. The highest BCUT2D eigenvalue weighted by molar-refractivity contribution is 5.92. The monoisotopic (exact) mass is 426 g/mol. The van der Waals surface area contributed by atoms with Crippen LogP contribution in [0.15, 0.2) is 79.1 Å². The lowest BCUT2D eigenvalue weighted by molar-refractivity contribution is 0.0945. The minimum atomic E-state index is -0.208. The first-order chi connectivity index (χ1) is 15.6.